The van der Waals surface area contributed by atoms with Crippen LogP contribution in [0.2, 0.25) is 0 Å². The second-order valence-electron chi connectivity index (χ2n) is 7.07. The van der Waals surface area contributed by atoms with E-state index >= 15 is 0 Å². The summed E-state index contributed by atoms with van der Waals surface area (Å²) < 4.78 is 5.51. The van der Waals surface area contributed by atoms with Crippen LogP contribution in [-0.4, -0.2) is 23.8 Å². The predicted octanol–water partition coefficient (Wildman–Crippen LogP) is 4.35. The number of hydrogen-bond donors (Lipinski definition) is 2. The first-order valence-electron chi connectivity index (χ1n) is 9.50. The fraction of sp³-hybridized carbons (Fsp3) is 0.167. The van der Waals surface area contributed by atoms with Gasteiger partial charge in [0.05, 0.1) is 6.42 Å². The largest absolute Gasteiger partial charge is 0.481 e. The fourth-order valence-electron chi connectivity index (χ4n) is 3.77. The van der Waals surface area contributed by atoms with Gasteiger partial charge in [0, 0.05) is 12.5 Å². The molecule has 0 unspecified atom stereocenters. The summed E-state index contributed by atoms with van der Waals surface area (Å²) in [6, 6.07) is 23.5. The van der Waals surface area contributed by atoms with E-state index in [1.165, 1.54) is 22.3 Å². The van der Waals surface area contributed by atoms with Crippen LogP contribution >= 0.6 is 0 Å². The highest BCUT2D eigenvalue weighted by Gasteiger charge is 2.28. The van der Waals surface area contributed by atoms with Gasteiger partial charge in [0.2, 0.25) is 0 Å². The standard InChI is InChI=1S/C24H21NO4/c26-23(27)13-16-9-11-17(12-10-16)14-25-24(28)29-15-22-20-7-3-1-5-18(20)19-6-2-4-8-21(19)22/h1-12,22H,13-15H2,(H,25,28)(H,26,27). The molecule has 0 saturated carbocycles. The van der Waals surface area contributed by atoms with Gasteiger partial charge in [-0.1, -0.05) is 72.8 Å². The van der Waals surface area contributed by atoms with Gasteiger partial charge in [0.15, 0.2) is 0 Å². The molecule has 1 aliphatic carbocycles. The third-order valence-electron chi connectivity index (χ3n) is 5.16. The van der Waals surface area contributed by atoms with Crippen molar-refractivity contribution in [2.45, 2.75) is 18.9 Å². The molecular weight excluding hydrogens is 366 g/mol. The van der Waals surface area contributed by atoms with Crippen molar-refractivity contribution in [1.82, 2.24) is 5.32 Å². The van der Waals surface area contributed by atoms with Crippen molar-refractivity contribution in [3.05, 3.63) is 95.1 Å². The Balaban J connectivity index is 1.35. The summed E-state index contributed by atoms with van der Waals surface area (Å²) in [5.74, 6) is -0.835. The average Bonchev–Trinajstić information content (AvgIpc) is 3.05. The van der Waals surface area contributed by atoms with Crippen LogP contribution in [0.1, 0.15) is 28.2 Å². The number of alkyl carbamates (subject to hydrolysis) is 1. The zero-order valence-corrected chi connectivity index (χ0v) is 15.8. The molecule has 0 fully saturated rings. The topological polar surface area (TPSA) is 75.6 Å². The zero-order chi connectivity index (χ0) is 20.2. The van der Waals surface area contributed by atoms with E-state index in [-0.39, 0.29) is 18.9 Å². The van der Waals surface area contributed by atoms with Crippen molar-refractivity contribution in [1.29, 1.82) is 0 Å². The van der Waals surface area contributed by atoms with E-state index < -0.39 is 12.1 Å². The lowest BCUT2D eigenvalue weighted by Crippen LogP contribution is -2.25. The van der Waals surface area contributed by atoms with Crippen LogP contribution in [0.3, 0.4) is 0 Å². The number of carbonyl (C=O) groups excluding carboxylic acids is 1. The van der Waals surface area contributed by atoms with Crippen molar-refractivity contribution in [2.24, 2.45) is 0 Å². The van der Waals surface area contributed by atoms with Crippen LogP contribution in [0, 0.1) is 0 Å². The number of benzene rings is 3. The van der Waals surface area contributed by atoms with Crippen molar-refractivity contribution < 1.29 is 19.4 Å². The molecule has 0 aliphatic heterocycles. The molecule has 0 heterocycles. The molecule has 3 aromatic carbocycles. The normalized spacial score (nSPS) is 12.1. The summed E-state index contributed by atoms with van der Waals surface area (Å²) in [4.78, 5) is 22.9. The van der Waals surface area contributed by atoms with E-state index in [9.17, 15) is 9.59 Å². The lowest BCUT2D eigenvalue weighted by molar-refractivity contribution is -0.136. The summed E-state index contributed by atoms with van der Waals surface area (Å²) in [6.45, 7) is 0.599. The maximum absolute atomic E-state index is 12.2. The quantitative estimate of drug-likeness (QED) is 0.659. The summed E-state index contributed by atoms with van der Waals surface area (Å²) in [6.07, 6.45) is -0.485. The Morgan fingerprint density at radius 3 is 1.97 bits per heavy atom. The number of fused-ring (bicyclic) bond motifs is 3. The molecule has 0 spiro atoms. The van der Waals surface area contributed by atoms with Crippen molar-refractivity contribution in [3.63, 3.8) is 0 Å². The third-order valence-corrected chi connectivity index (χ3v) is 5.16. The van der Waals surface area contributed by atoms with E-state index in [4.69, 9.17) is 9.84 Å². The number of hydrogen-bond acceptors (Lipinski definition) is 3. The number of nitrogens with one attached hydrogen (secondary N) is 1. The molecule has 2 N–H and O–H groups in total. The highest BCUT2D eigenvalue weighted by Crippen LogP contribution is 2.44. The summed E-state index contributed by atoms with van der Waals surface area (Å²) in [5, 5.41) is 11.6. The Labute approximate surface area is 169 Å². The SMILES string of the molecule is O=C(O)Cc1ccc(CNC(=O)OCC2c3ccccc3-c3ccccc32)cc1. The van der Waals surface area contributed by atoms with Crippen LogP contribution in [0.15, 0.2) is 72.8 Å². The molecule has 0 radical (unpaired) electrons. The Morgan fingerprint density at radius 2 is 1.38 bits per heavy atom. The van der Waals surface area contributed by atoms with Gasteiger partial charge in [-0.15, -0.1) is 0 Å². The van der Waals surface area contributed by atoms with Crippen LogP contribution in [-0.2, 0) is 22.5 Å². The second-order valence-corrected chi connectivity index (χ2v) is 7.07. The van der Waals surface area contributed by atoms with Gasteiger partial charge in [-0.05, 0) is 33.4 Å². The number of ether oxygens (including phenoxy) is 1. The number of rotatable bonds is 6. The van der Waals surface area contributed by atoms with Gasteiger partial charge in [-0.3, -0.25) is 4.79 Å². The Morgan fingerprint density at radius 1 is 0.828 bits per heavy atom. The van der Waals surface area contributed by atoms with E-state index in [0.717, 1.165) is 11.1 Å². The molecule has 5 nitrogen and oxygen atoms in total. The molecule has 0 bridgehead atoms. The number of carboxylic acid groups (broad SMARTS) is 1. The highest BCUT2D eigenvalue weighted by atomic mass is 16.5. The smallest absolute Gasteiger partial charge is 0.407 e. The monoisotopic (exact) mass is 387 g/mol. The van der Waals surface area contributed by atoms with E-state index in [2.05, 4.69) is 29.6 Å². The van der Waals surface area contributed by atoms with Crippen molar-refractivity contribution in [3.8, 4) is 11.1 Å². The number of carbonyl (C=O) groups is 2. The molecule has 0 saturated heterocycles. The third kappa shape index (κ3) is 4.14. The summed E-state index contributed by atoms with van der Waals surface area (Å²) in [7, 11) is 0. The lowest BCUT2D eigenvalue weighted by Gasteiger charge is -2.14. The molecule has 1 amide bonds. The molecular formula is C24H21NO4. The van der Waals surface area contributed by atoms with E-state index in [1.54, 1.807) is 12.1 Å². The van der Waals surface area contributed by atoms with E-state index in [0.29, 0.717) is 6.54 Å². The molecule has 4 rings (SSSR count). The molecule has 1 aliphatic rings. The van der Waals surface area contributed by atoms with Gasteiger partial charge in [-0.25, -0.2) is 4.79 Å². The van der Waals surface area contributed by atoms with Crippen LogP contribution < -0.4 is 5.32 Å². The highest BCUT2D eigenvalue weighted by molar-refractivity contribution is 5.79. The van der Waals surface area contributed by atoms with Crippen molar-refractivity contribution in [2.75, 3.05) is 6.61 Å². The molecule has 146 valence electrons. The number of aliphatic carboxylic acids is 1. The van der Waals surface area contributed by atoms with Crippen LogP contribution in [0.4, 0.5) is 4.79 Å². The summed E-state index contributed by atoms with van der Waals surface area (Å²) >= 11 is 0. The van der Waals surface area contributed by atoms with Gasteiger partial charge in [-0.2, -0.15) is 0 Å². The summed E-state index contributed by atoms with van der Waals surface area (Å²) in [5.41, 5.74) is 6.35. The van der Waals surface area contributed by atoms with Gasteiger partial charge < -0.3 is 15.2 Å². The minimum absolute atomic E-state index is 0.0138. The van der Waals surface area contributed by atoms with Gasteiger partial charge in [0.25, 0.3) is 0 Å². The lowest BCUT2D eigenvalue weighted by atomic mass is 9.98. The van der Waals surface area contributed by atoms with Gasteiger partial charge in [0.1, 0.15) is 6.61 Å². The first-order chi connectivity index (χ1) is 14.1. The predicted molar refractivity (Wildman–Crippen MR) is 110 cm³/mol. The molecule has 0 aromatic heterocycles. The number of amides is 1. The minimum atomic E-state index is -0.866. The molecule has 3 aromatic rings. The average molecular weight is 387 g/mol. The Bertz CT molecular complexity index is 997. The van der Waals surface area contributed by atoms with Crippen LogP contribution in [0.25, 0.3) is 11.1 Å². The van der Waals surface area contributed by atoms with Gasteiger partial charge >= 0.3 is 12.1 Å². The maximum Gasteiger partial charge on any atom is 0.407 e. The minimum Gasteiger partial charge on any atom is -0.481 e. The fourth-order valence-corrected chi connectivity index (χ4v) is 3.77. The molecule has 29 heavy (non-hydrogen) atoms. The van der Waals surface area contributed by atoms with E-state index in [1.807, 2.05) is 36.4 Å². The zero-order valence-electron chi connectivity index (χ0n) is 15.8. The Kier molecular flexibility index (Phi) is 5.29. The molecule has 0 atom stereocenters. The van der Waals surface area contributed by atoms with Crippen molar-refractivity contribution >= 4 is 12.1 Å². The second kappa shape index (κ2) is 8.19. The Hall–Kier alpha value is -3.60. The maximum atomic E-state index is 12.2. The number of carboxylic acids is 1. The van der Waals surface area contributed by atoms with Crippen LogP contribution in [0.5, 0.6) is 0 Å². The first-order valence-corrected chi connectivity index (χ1v) is 9.50. The first kappa shape index (κ1) is 18.7. The molecule has 5 heteroatoms.